The third kappa shape index (κ3) is 3.68. The van der Waals surface area contributed by atoms with Gasteiger partial charge in [-0.1, -0.05) is 6.08 Å². The van der Waals surface area contributed by atoms with E-state index in [9.17, 15) is 4.79 Å². The van der Waals surface area contributed by atoms with Crippen LogP contribution in [-0.2, 0) is 4.74 Å². The van der Waals surface area contributed by atoms with Crippen LogP contribution in [0.3, 0.4) is 0 Å². The fraction of sp³-hybridized carbons (Fsp3) is 0.500. The van der Waals surface area contributed by atoms with Gasteiger partial charge in [0.2, 0.25) is 0 Å². The van der Waals surface area contributed by atoms with Crippen LogP contribution >= 0.6 is 11.3 Å². The molecule has 116 valence electrons. The van der Waals surface area contributed by atoms with E-state index < -0.39 is 0 Å². The van der Waals surface area contributed by atoms with E-state index >= 15 is 0 Å². The topological polar surface area (TPSA) is 85.6 Å². The number of anilines is 2. The molecule has 1 fully saturated rings. The van der Waals surface area contributed by atoms with Gasteiger partial charge in [-0.15, -0.1) is 17.9 Å². The Morgan fingerprint density at radius 1 is 1.67 bits per heavy atom. The molecule has 6 nitrogen and oxygen atoms in total. The van der Waals surface area contributed by atoms with Crippen LogP contribution in [0.15, 0.2) is 12.7 Å². The van der Waals surface area contributed by atoms with Gasteiger partial charge >= 0.3 is 0 Å². The van der Waals surface area contributed by atoms with Gasteiger partial charge in [-0.05, 0) is 12.8 Å². The van der Waals surface area contributed by atoms with Crippen LogP contribution in [0.4, 0.5) is 10.7 Å². The molecular formula is C14H21N3O3S. The fourth-order valence-corrected chi connectivity index (χ4v) is 3.19. The summed E-state index contributed by atoms with van der Waals surface area (Å²) in [4.78, 5) is 12.5. The Bertz CT molecular complexity index is 510. The average molecular weight is 311 g/mol. The van der Waals surface area contributed by atoms with Gasteiger partial charge in [-0.25, -0.2) is 0 Å². The molecule has 0 spiro atoms. The first-order valence-electron chi connectivity index (χ1n) is 6.88. The molecule has 0 saturated carbocycles. The highest BCUT2D eigenvalue weighted by molar-refractivity contribution is 7.19. The number of carbonyl (C=O) groups is 1. The van der Waals surface area contributed by atoms with Gasteiger partial charge in [-0.3, -0.25) is 4.79 Å². The summed E-state index contributed by atoms with van der Waals surface area (Å²) in [6, 6.07) is 0. The summed E-state index contributed by atoms with van der Waals surface area (Å²) < 4.78 is 10.9. The van der Waals surface area contributed by atoms with Crippen molar-refractivity contribution in [2.75, 3.05) is 37.9 Å². The molecular weight excluding hydrogens is 290 g/mol. The number of nitrogens with one attached hydrogen (secondary N) is 2. The zero-order valence-corrected chi connectivity index (χ0v) is 12.9. The lowest BCUT2D eigenvalue weighted by atomic mass is 10.2. The van der Waals surface area contributed by atoms with Crippen LogP contribution in [0.1, 0.15) is 22.5 Å². The first-order chi connectivity index (χ1) is 10.2. The van der Waals surface area contributed by atoms with E-state index in [1.54, 1.807) is 13.2 Å². The van der Waals surface area contributed by atoms with Gasteiger partial charge in [0, 0.05) is 19.7 Å². The lowest BCUT2D eigenvalue weighted by Crippen LogP contribution is -2.23. The van der Waals surface area contributed by atoms with E-state index in [-0.39, 0.29) is 12.0 Å². The second kappa shape index (κ2) is 7.33. The molecule has 1 amide bonds. The largest absolute Gasteiger partial charge is 0.492 e. The molecule has 0 aliphatic carbocycles. The molecule has 1 aromatic rings. The minimum absolute atomic E-state index is 0.205. The number of hydrogen-bond acceptors (Lipinski definition) is 6. The molecule has 1 aromatic heterocycles. The van der Waals surface area contributed by atoms with Gasteiger partial charge in [0.25, 0.3) is 5.91 Å². The van der Waals surface area contributed by atoms with Gasteiger partial charge in [0.1, 0.15) is 15.6 Å². The van der Waals surface area contributed by atoms with E-state index in [4.69, 9.17) is 15.2 Å². The van der Waals surface area contributed by atoms with Crippen molar-refractivity contribution in [1.82, 2.24) is 5.32 Å². The molecule has 1 aliphatic rings. The quantitative estimate of drug-likeness (QED) is 0.669. The summed E-state index contributed by atoms with van der Waals surface area (Å²) >= 11 is 1.29. The summed E-state index contributed by atoms with van der Waals surface area (Å²) in [5.74, 6) is 0.294. The van der Waals surface area contributed by atoms with Crippen LogP contribution in [0.5, 0.6) is 5.75 Å². The summed E-state index contributed by atoms with van der Waals surface area (Å²) in [5.41, 5.74) is 6.36. The highest BCUT2D eigenvalue weighted by Gasteiger charge is 2.23. The Morgan fingerprint density at radius 2 is 2.48 bits per heavy atom. The van der Waals surface area contributed by atoms with Crippen molar-refractivity contribution >= 4 is 27.9 Å². The van der Waals surface area contributed by atoms with E-state index in [0.717, 1.165) is 24.4 Å². The predicted octanol–water partition coefficient (Wildman–Crippen LogP) is 1.85. The van der Waals surface area contributed by atoms with Crippen molar-refractivity contribution in [1.29, 1.82) is 0 Å². The van der Waals surface area contributed by atoms with Crippen molar-refractivity contribution in [3.8, 4) is 5.75 Å². The van der Waals surface area contributed by atoms with Gasteiger partial charge < -0.3 is 25.8 Å². The van der Waals surface area contributed by atoms with Crippen molar-refractivity contribution < 1.29 is 14.3 Å². The highest BCUT2D eigenvalue weighted by atomic mass is 32.1. The van der Waals surface area contributed by atoms with Gasteiger partial charge in [0.05, 0.1) is 13.2 Å². The molecule has 7 heteroatoms. The van der Waals surface area contributed by atoms with E-state index in [0.29, 0.717) is 29.4 Å². The van der Waals surface area contributed by atoms with Crippen LogP contribution in [0.2, 0.25) is 0 Å². The monoisotopic (exact) mass is 311 g/mol. The molecule has 2 heterocycles. The van der Waals surface area contributed by atoms with Crippen molar-refractivity contribution in [2.24, 2.45) is 0 Å². The van der Waals surface area contributed by atoms with Gasteiger partial charge in [0.15, 0.2) is 5.75 Å². The number of rotatable bonds is 7. The first kappa shape index (κ1) is 15.7. The number of ether oxygens (including phenoxy) is 2. The number of nitrogens with two attached hydrogens (primary N) is 1. The third-order valence-electron chi connectivity index (χ3n) is 3.23. The Labute approximate surface area is 128 Å². The maximum atomic E-state index is 12.0. The summed E-state index contributed by atoms with van der Waals surface area (Å²) in [6.45, 7) is 5.46. The van der Waals surface area contributed by atoms with Gasteiger partial charge in [-0.2, -0.15) is 0 Å². The number of carbonyl (C=O) groups excluding carboxylic acids is 1. The first-order valence-corrected chi connectivity index (χ1v) is 7.69. The molecule has 0 radical (unpaired) electrons. The standard InChI is InChI=1S/C14H21N3O3S/c1-3-6-16-13(18)12-10(15)11(19-2)14(21-12)17-8-9-5-4-7-20-9/h3,9,17H,1,4-8,15H2,2H3,(H,16,18). The minimum Gasteiger partial charge on any atom is -0.492 e. The fourth-order valence-electron chi connectivity index (χ4n) is 2.17. The molecule has 1 atom stereocenters. The third-order valence-corrected chi connectivity index (χ3v) is 4.37. The molecule has 0 bridgehead atoms. The number of nitrogen functional groups attached to an aromatic ring is 1. The SMILES string of the molecule is C=CCNC(=O)c1sc(NCC2CCCO2)c(OC)c1N. The summed E-state index contributed by atoms with van der Waals surface area (Å²) in [5, 5.41) is 6.74. The van der Waals surface area contributed by atoms with Crippen molar-refractivity contribution in [3.63, 3.8) is 0 Å². The maximum absolute atomic E-state index is 12.0. The average Bonchev–Trinajstić information content (AvgIpc) is 3.10. The number of hydrogen-bond donors (Lipinski definition) is 3. The zero-order chi connectivity index (χ0) is 15.2. The lowest BCUT2D eigenvalue weighted by molar-refractivity contribution is 0.0962. The summed E-state index contributed by atoms with van der Waals surface area (Å²) in [7, 11) is 1.54. The lowest BCUT2D eigenvalue weighted by Gasteiger charge is -2.11. The predicted molar refractivity (Wildman–Crippen MR) is 85.3 cm³/mol. The Kier molecular flexibility index (Phi) is 5.46. The Hall–Kier alpha value is -1.73. The van der Waals surface area contributed by atoms with Crippen molar-refractivity contribution in [2.45, 2.75) is 18.9 Å². The number of methoxy groups -OCH3 is 1. The van der Waals surface area contributed by atoms with E-state index in [1.165, 1.54) is 11.3 Å². The zero-order valence-electron chi connectivity index (χ0n) is 12.1. The molecule has 1 unspecified atom stereocenters. The van der Waals surface area contributed by atoms with E-state index in [1.807, 2.05) is 0 Å². The maximum Gasteiger partial charge on any atom is 0.263 e. The molecule has 2 rings (SSSR count). The Balaban J connectivity index is 2.08. The summed E-state index contributed by atoms with van der Waals surface area (Å²) in [6.07, 6.45) is 3.96. The molecule has 1 aliphatic heterocycles. The molecule has 0 aromatic carbocycles. The van der Waals surface area contributed by atoms with Crippen LogP contribution in [0, 0.1) is 0 Å². The second-order valence-electron chi connectivity index (χ2n) is 4.72. The smallest absolute Gasteiger partial charge is 0.263 e. The van der Waals surface area contributed by atoms with Crippen LogP contribution in [0.25, 0.3) is 0 Å². The van der Waals surface area contributed by atoms with Crippen LogP contribution in [-0.4, -0.2) is 38.8 Å². The minimum atomic E-state index is -0.221. The van der Waals surface area contributed by atoms with E-state index in [2.05, 4.69) is 17.2 Å². The number of amides is 1. The van der Waals surface area contributed by atoms with Crippen LogP contribution < -0.4 is 21.1 Å². The second-order valence-corrected chi connectivity index (χ2v) is 5.74. The molecule has 4 N–H and O–H groups in total. The molecule has 21 heavy (non-hydrogen) atoms. The number of thiophene rings is 1. The normalized spacial score (nSPS) is 17.5. The van der Waals surface area contributed by atoms with Crippen molar-refractivity contribution in [3.05, 3.63) is 17.5 Å². The molecule has 1 saturated heterocycles. The highest BCUT2D eigenvalue weighted by Crippen LogP contribution is 2.42. The Morgan fingerprint density at radius 3 is 3.10 bits per heavy atom.